The molecule has 2 aromatic carbocycles. The monoisotopic (exact) mass is 268 g/mol. The molecule has 0 atom stereocenters. The summed E-state index contributed by atoms with van der Waals surface area (Å²) in [4.78, 5) is 11.9. The summed E-state index contributed by atoms with van der Waals surface area (Å²) >= 11 is 0. The van der Waals surface area contributed by atoms with Crippen LogP contribution in [0.1, 0.15) is 18.1 Å². The molecule has 1 amide bonds. The van der Waals surface area contributed by atoms with Crippen LogP contribution in [0.4, 0.5) is 11.4 Å². The molecule has 104 valence electrons. The summed E-state index contributed by atoms with van der Waals surface area (Å²) in [6, 6.07) is 15.9. The highest BCUT2D eigenvalue weighted by molar-refractivity contribution is 5.93. The third kappa shape index (κ3) is 3.85. The van der Waals surface area contributed by atoms with Gasteiger partial charge >= 0.3 is 0 Å². The summed E-state index contributed by atoms with van der Waals surface area (Å²) in [7, 11) is 0. The Balaban J connectivity index is 1.87. The second-order valence-electron chi connectivity index (χ2n) is 4.77. The van der Waals surface area contributed by atoms with Gasteiger partial charge in [-0.1, -0.05) is 37.3 Å². The van der Waals surface area contributed by atoms with E-state index in [1.165, 1.54) is 5.56 Å². The van der Waals surface area contributed by atoms with Gasteiger partial charge in [-0.3, -0.25) is 4.79 Å². The molecule has 0 unspecified atom stereocenters. The van der Waals surface area contributed by atoms with E-state index in [0.29, 0.717) is 0 Å². The normalized spacial score (nSPS) is 10.1. The molecule has 0 aliphatic heterocycles. The largest absolute Gasteiger partial charge is 0.376 e. The lowest BCUT2D eigenvalue weighted by atomic mass is 10.1. The van der Waals surface area contributed by atoms with Crippen molar-refractivity contribution in [3.8, 4) is 0 Å². The number of amides is 1. The van der Waals surface area contributed by atoms with E-state index in [9.17, 15) is 4.79 Å². The Morgan fingerprint density at radius 2 is 1.75 bits per heavy atom. The molecule has 3 nitrogen and oxygen atoms in total. The van der Waals surface area contributed by atoms with Gasteiger partial charge in [-0.2, -0.15) is 0 Å². The van der Waals surface area contributed by atoms with Crippen molar-refractivity contribution >= 4 is 17.3 Å². The second kappa shape index (κ2) is 6.75. The maximum absolute atomic E-state index is 11.9. The lowest BCUT2D eigenvalue weighted by Crippen LogP contribution is -2.22. The Bertz CT molecular complexity index is 576. The van der Waals surface area contributed by atoms with Crippen molar-refractivity contribution in [2.45, 2.75) is 20.3 Å². The van der Waals surface area contributed by atoms with E-state index in [4.69, 9.17) is 0 Å². The summed E-state index contributed by atoms with van der Waals surface area (Å²) in [6.45, 7) is 4.39. The van der Waals surface area contributed by atoms with Gasteiger partial charge in [0.1, 0.15) is 0 Å². The minimum absolute atomic E-state index is 0.0440. The highest BCUT2D eigenvalue weighted by Gasteiger charge is 2.03. The van der Waals surface area contributed by atoms with Gasteiger partial charge in [0.05, 0.1) is 6.54 Å². The number of benzene rings is 2. The third-order valence-electron chi connectivity index (χ3n) is 3.23. The quantitative estimate of drug-likeness (QED) is 0.869. The SMILES string of the molecule is CCc1ccc(NC(=O)CNc2ccccc2C)cc1. The Labute approximate surface area is 120 Å². The first kappa shape index (κ1) is 14.1. The first-order chi connectivity index (χ1) is 9.69. The molecule has 0 radical (unpaired) electrons. The van der Waals surface area contributed by atoms with Crippen LogP contribution < -0.4 is 10.6 Å². The van der Waals surface area contributed by atoms with Gasteiger partial charge in [-0.15, -0.1) is 0 Å². The van der Waals surface area contributed by atoms with E-state index >= 15 is 0 Å². The lowest BCUT2D eigenvalue weighted by molar-refractivity contribution is -0.114. The zero-order valence-electron chi connectivity index (χ0n) is 11.9. The number of hydrogen-bond donors (Lipinski definition) is 2. The third-order valence-corrected chi connectivity index (χ3v) is 3.23. The van der Waals surface area contributed by atoms with Crippen LogP contribution in [0.15, 0.2) is 48.5 Å². The first-order valence-corrected chi connectivity index (χ1v) is 6.87. The smallest absolute Gasteiger partial charge is 0.243 e. The second-order valence-corrected chi connectivity index (χ2v) is 4.77. The van der Waals surface area contributed by atoms with Crippen LogP contribution in [0, 0.1) is 6.92 Å². The number of anilines is 2. The van der Waals surface area contributed by atoms with E-state index in [1.807, 2.05) is 55.5 Å². The van der Waals surface area contributed by atoms with Gasteiger partial charge < -0.3 is 10.6 Å². The fourth-order valence-electron chi connectivity index (χ4n) is 1.98. The number of carbonyl (C=O) groups is 1. The van der Waals surface area contributed by atoms with Crippen molar-refractivity contribution in [3.05, 3.63) is 59.7 Å². The summed E-state index contributed by atoms with van der Waals surface area (Å²) in [5.74, 6) is -0.0440. The molecule has 2 N–H and O–H groups in total. The number of hydrogen-bond acceptors (Lipinski definition) is 2. The molecule has 3 heteroatoms. The Kier molecular flexibility index (Phi) is 4.77. The van der Waals surface area contributed by atoms with Crippen molar-refractivity contribution in [2.75, 3.05) is 17.2 Å². The van der Waals surface area contributed by atoms with Crippen LogP contribution in [0.25, 0.3) is 0 Å². The predicted octanol–water partition coefficient (Wildman–Crippen LogP) is 3.61. The van der Waals surface area contributed by atoms with Crippen molar-refractivity contribution in [3.63, 3.8) is 0 Å². The van der Waals surface area contributed by atoms with Crippen LogP contribution >= 0.6 is 0 Å². The molecule has 0 fully saturated rings. The number of aryl methyl sites for hydroxylation is 2. The van der Waals surface area contributed by atoms with E-state index in [2.05, 4.69) is 17.6 Å². The Morgan fingerprint density at radius 3 is 2.40 bits per heavy atom. The van der Waals surface area contributed by atoms with Crippen LogP contribution in [-0.2, 0) is 11.2 Å². The molecule has 0 aliphatic rings. The molecule has 20 heavy (non-hydrogen) atoms. The fraction of sp³-hybridized carbons (Fsp3) is 0.235. The van der Waals surface area contributed by atoms with Crippen LogP contribution in [0.2, 0.25) is 0 Å². The van der Waals surface area contributed by atoms with E-state index in [1.54, 1.807) is 0 Å². The standard InChI is InChI=1S/C17H20N2O/c1-3-14-8-10-15(11-9-14)19-17(20)12-18-16-7-5-4-6-13(16)2/h4-11,18H,3,12H2,1-2H3,(H,19,20). The van der Waals surface area contributed by atoms with Crippen molar-refractivity contribution < 1.29 is 4.79 Å². The summed E-state index contributed by atoms with van der Waals surface area (Å²) in [6.07, 6.45) is 1.00. The van der Waals surface area contributed by atoms with Crippen molar-refractivity contribution in [1.82, 2.24) is 0 Å². The molecule has 0 spiro atoms. The number of rotatable bonds is 5. The summed E-state index contributed by atoms with van der Waals surface area (Å²) in [5, 5.41) is 6.02. The maximum atomic E-state index is 11.9. The molecular formula is C17H20N2O. The van der Waals surface area contributed by atoms with E-state index in [0.717, 1.165) is 23.4 Å². The van der Waals surface area contributed by atoms with Crippen LogP contribution in [-0.4, -0.2) is 12.5 Å². The molecular weight excluding hydrogens is 248 g/mol. The Morgan fingerprint density at radius 1 is 1.05 bits per heavy atom. The predicted molar refractivity (Wildman–Crippen MR) is 84.1 cm³/mol. The molecule has 2 aromatic rings. The summed E-state index contributed by atoms with van der Waals surface area (Å²) in [5.41, 5.74) is 4.22. The minimum Gasteiger partial charge on any atom is -0.376 e. The molecule has 0 aromatic heterocycles. The van der Waals surface area contributed by atoms with Gasteiger partial charge in [-0.25, -0.2) is 0 Å². The zero-order chi connectivity index (χ0) is 14.4. The molecule has 0 bridgehead atoms. The van der Waals surface area contributed by atoms with Gasteiger partial charge in [0.2, 0.25) is 5.91 Å². The van der Waals surface area contributed by atoms with Crippen molar-refractivity contribution in [1.29, 1.82) is 0 Å². The van der Waals surface area contributed by atoms with Gasteiger partial charge in [-0.05, 0) is 42.7 Å². The molecule has 2 rings (SSSR count). The van der Waals surface area contributed by atoms with Gasteiger partial charge in [0.25, 0.3) is 0 Å². The van der Waals surface area contributed by atoms with E-state index < -0.39 is 0 Å². The molecule has 0 heterocycles. The topological polar surface area (TPSA) is 41.1 Å². The highest BCUT2D eigenvalue weighted by Crippen LogP contribution is 2.13. The molecule has 0 saturated heterocycles. The van der Waals surface area contributed by atoms with E-state index in [-0.39, 0.29) is 12.5 Å². The number of nitrogens with one attached hydrogen (secondary N) is 2. The maximum Gasteiger partial charge on any atom is 0.243 e. The Hall–Kier alpha value is -2.29. The van der Waals surface area contributed by atoms with Crippen LogP contribution in [0.3, 0.4) is 0 Å². The van der Waals surface area contributed by atoms with Gasteiger partial charge in [0.15, 0.2) is 0 Å². The zero-order valence-corrected chi connectivity index (χ0v) is 11.9. The fourth-order valence-corrected chi connectivity index (χ4v) is 1.98. The summed E-state index contributed by atoms with van der Waals surface area (Å²) < 4.78 is 0. The average Bonchev–Trinajstić information content (AvgIpc) is 2.47. The molecule has 0 saturated carbocycles. The number of carbonyl (C=O) groups excluding carboxylic acids is 1. The van der Waals surface area contributed by atoms with Crippen molar-refractivity contribution in [2.24, 2.45) is 0 Å². The first-order valence-electron chi connectivity index (χ1n) is 6.87. The lowest BCUT2D eigenvalue weighted by Gasteiger charge is -2.10. The highest BCUT2D eigenvalue weighted by atomic mass is 16.1. The molecule has 0 aliphatic carbocycles. The number of para-hydroxylation sites is 1. The average molecular weight is 268 g/mol. The van der Waals surface area contributed by atoms with Crippen LogP contribution in [0.5, 0.6) is 0 Å². The van der Waals surface area contributed by atoms with Gasteiger partial charge in [0, 0.05) is 11.4 Å². The minimum atomic E-state index is -0.0440.